The predicted octanol–water partition coefficient (Wildman–Crippen LogP) is 3.43. The number of nitrogens with zero attached hydrogens (tertiary/aromatic N) is 1. The first kappa shape index (κ1) is 16.8. The number of hydrogen-bond donors (Lipinski definition) is 3. The molecule has 3 N–H and O–H groups in total. The van der Waals surface area contributed by atoms with Crippen LogP contribution >= 0.6 is 0 Å². The molecule has 0 atom stereocenters. The summed E-state index contributed by atoms with van der Waals surface area (Å²) in [6.45, 7) is 0. The molecule has 0 aromatic heterocycles. The van der Waals surface area contributed by atoms with Gasteiger partial charge in [0.1, 0.15) is 11.5 Å². The maximum absolute atomic E-state index is 12.3. The van der Waals surface area contributed by atoms with Gasteiger partial charge in [-0.25, -0.2) is 0 Å². The van der Waals surface area contributed by atoms with Gasteiger partial charge in [-0.3, -0.25) is 4.79 Å². The lowest BCUT2D eigenvalue weighted by molar-refractivity contribution is 0.0925. The number of amides is 1. The van der Waals surface area contributed by atoms with Crippen molar-refractivity contribution >= 4 is 5.91 Å². The van der Waals surface area contributed by atoms with Crippen LogP contribution in [0.15, 0.2) is 42.5 Å². The smallest absolute Gasteiger partial charge is 0.251 e. The van der Waals surface area contributed by atoms with Crippen molar-refractivity contribution in [3.05, 3.63) is 59.2 Å². The van der Waals surface area contributed by atoms with Crippen LogP contribution in [0.25, 0.3) is 0 Å². The third kappa shape index (κ3) is 3.92. The second kappa shape index (κ2) is 7.27. The van der Waals surface area contributed by atoms with Gasteiger partial charge in [0.25, 0.3) is 5.91 Å². The average molecular weight is 336 g/mol. The van der Waals surface area contributed by atoms with Gasteiger partial charge in [-0.05, 0) is 61.4 Å². The van der Waals surface area contributed by atoms with Gasteiger partial charge in [0.05, 0.1) is 11.6 Å². The molecule has 2 aromatic rings. The molecule has 1 fully saturated rings. The molecule has 1 aliphatic carbocycles. The molecule has 0 aliphatic heterocycles. The molecule has 0 unspecified atom stereocenters. The molecule has 25 heavy (non-hydrogen) atoms. The number of carbonyl (C=O) groups is 1. The second-order valence-corrected chi connectivity index (χ2v) is 6.46. The Labute approximate surface area is 146 Å². The number of hydrogen-bond acceptors (Lipinski definition) is 4. The highest BCUT2D eigenvalue weighted by Gasteiger charge is 2.25. The summed E-state index contributed by atoms with van der Waals surface area (Å²) in [6, 6.07) is 13.5. The fraction of sp³-hybridized carbons (Fsp3) is 0.300. The monoisotopic (exact) mass is 336 g/mol. The highest BCUT2D eigenvalue weighted by atomic mass is 16.3. The number of aromatic hydroxyl groups is 2. The van der Waals surface area contributed by atoms with E-state index in [-0.39, 0.29) is 29.4 Å². The molecule has 0 radical (unpaired) electrons. The Hall–Kier alpha value is -3.00. The summed E-state index contributed by atoms with van der Waals surface area (Å²) in [5.74, 6) is 0.256. The maximum Gasteiger partial charge on any atom is 0.251 e. The van der Waals surface area contributed by atoms with E-state index in [1.165, 1.54) is 6.07 Å². The Morgan fingerprint density at radius 3 is 2.52 bits per heavy atom. The topological polar surface area (TPSA) is 93.4 Å². The van der Waals surface area contributed by atoms with Crippen LogP contribution in [0.2, 0.25) is 0 Å². The molecule has 1 amide bonds. The molecule has 1 aliphatic rings. The molecule has 2 aromatic carbocycles. The van der Waals surface area contributed by atoms with Gasteiger partial charge >= 0.3 is 0 Å². The first-order valence-electron chi connectivity index (χ1n) is 8.39. The van der Waals surface area contributed by atoms with E-state index in [2.05, 4.69) is 5.32 Å². The van der Waals surface area contributed by atoms with Gasteiger partial charge in [-0.15, -0.1) is 0 Å². The minimum absolute atomic E-state index is 0.0572. The number of nitriles is 1. The van der Waals surface area contributed by atoms with Crippen molar-refractivity contribution in [2.24, 2.45) is 0 Å². The highest BCUT2D eigenvalue weighted by Crippen LogP contribution is 2.38. The Bertz CT molecular complexity index is 818. The van der Waals surface area contributed by atoms with Crippen LogP contribution in [-0.2, 0) is 0 Å². The highest BCUT2D eigenvalue weighted by molar-refractivity contribution is 5.94. The minimum atomic E-state index is -0.159. The number of phenolic OH excluding ortho intramolecular Hbond substituents is 2. The first-order chi connectivity index (χ1) is 12.1. The fourth-order valence-corrected chi connectivity index (χ4v) is 3.42. The van der Waals surface area contributed by atoms with Crippen LogP contribution in [-0.4, -0.2) is 22.2 Å². The van der Waals surface area contributed by atoms with Crippen molar-refractivity contribution in [2.45, 2.75) is 37.6 Å². The Morgan fingerprint density at radius 2 is 1.84 bits per heavy atom. The third-order valence-corrected chi connectivity index (χ3v) is 4.77. The van der Waals surface area contributed by atoms with E-state index in [0.717, 1.165) is 31.2 Å². The number of carbonyl (C=O) groups excluding carboxylic acids is 1. The summed E-state index contributed by atoms with van der Waals surface area (Å²) in [5.41, 5.74) is 1.82. The van der Waals surface area contributed by atoms with E-state index in [0.29, 0.717) is 11.1 Å². The summed E-state index contributed by atoms with van der Waals surface area (Å²) in [7, 11) is 0. The molecule has 1 saturated carbocycles. The molecule has 0 heterocycles. The molecule has 128 valence electrons. The van der Waals surface area contributed by atoms with Crippen LogP contribution in [0.1, 0.15) is 53.1 Å². The van der Waals surface area contributed by atoms with Gasteiger partial charge in [0.2, 0.25) is 0 Å². The Morgan fingerprint density at radius 1 is 1.08 bits per heavy atom. The Kier molecular flexibility index (Phi) is 4.90. The van der Waals surface area contributed by atoms with E-state index in [9.17, 15) is 15.0 Å². The number of rotatable bonds is 3. The predicted molar refractivity (Wildman–Crippen MR) is 93.4 cm³/mol. The zero-order valence-corrected chi connectivity index (χ0v) is 13.8. The molecular weight excluding hydrogens is 316 g/mol. The van der Waals surface area contributed by atoms with Crippen LogP contribution in [0.4, 0.5) is 0 Å². The largest absolute Gasteiger partial charge is 0.508 e. The SMILES string of the molecule is N#Cc1cccc(C(=O)NC2CCC(c3ccc(O)cc3O)CC2)c1. The standard InChI is InChI=1S/C20H20N2O3/c21-12-13-2-1-3-15(10-13)20(25)22-16-6-4-14(5-7-16)18-9-8-17(23)11-19(18)24/h1-3,8-11,14,16,23-24H,4-7H2,(H,22,25). The zero-order chi connectivity index (χ0) is 17.8. The maximum atomic E-state index is 12.3. The van der Waals surface area contributed by atoms with Crippen LogP contribution in [0, 0.1) is 11.3 Å². The summed E-state index contributed by atoms with van der Waals surface area (Å²) >= 11 is 0. The van der Waals surface area contributed by atoms with Crippen molar-refractivity contribution in [3.8, 4) is 17.6 Å². The summed E-state index contributed by atoms with van der Waals surface area (Å²) in [6.07, 6.45) is 3.38. The lowest BCUT2D eigenvalue weighted by Crippen LogP contribution is -2.37. The van der Waals surface area contributed by atoms with Crippen LogP contribution in [0.3, 0.4) is 0 Å². The normalized spacial score (nSPS) is 19.8. The van der Waals surface area contributed by atoms with Gasteiger partial charge in [0, 0.05) is 17.7 Å². The van der Waals surface area contributed by atoms with E-state index in [1.54, 1.807) is 36.4 Å². The lowest BCUT2D eigenvalue weighted by atomic mass is 9.81. The number of phenols is 2. The van der Waals surface area contributed by atoms with Gasteiger partial charge in [-0.2, -0.15) is 5.26 Å². The summed E-state index contributed by atoms with van der Waals surface area (Å²) < 4.78 is 0. The van der Waals surface area contributed by atoms with Crippen molar-refractivity contribution in [1.82, 2.24) is 5.32 Å². The molecule has 5 nitrogen and oxygen atoms in total. The lowest BCUT2D eigenvalue weighted by Gasteiger charge is -2.29. The van der Waals surface area contributed by atoms with E-state index >= 15 is 0 Å². The summed E-state index contributed by atoms with van der Waals surface area (Å²) in [4.78, 5) is 12.3. The van der Waals surface area contributed by atoms with Gasteiger partial charge in [0.15, 0.2) is 0 Å². The second-order valence-electron chi connectivity index (χ2n) is 6.46. The Balaban J connectivity index is 1.59. The van der Waals surface area contributed by atoms with Crippen molar-refractivity contribution in [3.63, 3.8) is 0 Å². The van der Waals surface area contributed by atoms with Gasteiger partial charge < -0.3 is 15.5 Å². The minimum Gasteiger partial charge on any atom is -0.508 e. The molecule has 0 spiro atoms. The van der Waals surface area contributed by atoms with E-state index < -0.39 is 0 Å². The first-order valence-corrected chi connectivity index (χ1v) is 8.39. The molecule has 3 rings (SSSR count). The zero-order valence-electron chi connectivity index (χ0n) is 13.8. The quantitative estimate of drug-likeness (QED) is 0.800. The molecule has 5 heteroatoms. The summed E-state index contributed by atoms with van der Waals surface area (Å²) in [5, 5.41) is 31.3. The number of benzene rings is 2. The van der Waals surface area contributed by atoms with Crippen molar-refractivity contribution in [2.75, 3.05) is 0 Å². The van der Waals surface area contributed by atoms with Crippen molar-refractivity contribution in [1.29, 1.82) is 5.26 Å². The molecular formula is C20H20N2O3. The molecule has 0 bridgehead atoms. The fourth-order valence-electron chi connectivity index (χ4n) is 3.42. The van der Waals surface area contributed by atoms with E-state index in [4.69, 9.17) is 5.26 Å². The average Bonchev–Trinajstić information content (AvgIpc) is 2.62. The number of nitrogens with one attached hydrogen (secondary N) is 1. The van der Waals surface area contributed by atoms with Crippen LogP contribution < -0.4 is 5.32 Å². The van der Waals surface area contributed by atoms with Gasteiger partial charge in [-0.1, -0.05) is 12.1 Å². The molecule has 0 saturated heterocycles. The van der Waals surface area contributed by atoms with E-state index in [1.807, 2.05) is 6.07 Å². The third-order valence-electron chi connectivity index (χ3n) is 4.77. The van der Waals surface area contributed by atoms with Crippen molar-refractivity contribution < 1.29 is 15.0 Å². The van der Waals surface area contributed by atoms with Crippen LogP contribution in [0.5, 0.6) is 11.5 Å².